The quantitative estimate of drug-likeness (QED) is 0.846. The number of para-hydroxylation sites is 1. The maximum Gasteiger partial charge on any atom is 0.0657 e. The van der Waals surface area contributed by atoms with Gasteiger partial charge in [0, 0.05) is 29.6 Å². The van der Waals surface area contributed by atoms with Crippen LogP contribution in [0.5, 0.6) is 0 Å². The maximum atomic E-state index is 3.64. The summed E-state index contributed by atoms with van der Waals surface area (Å²) in [6.07, 6.45) is 14.3. The van der Waals surface area contributed by atoms with E-state index >= 15 is 0 Å². The Morgan fingerprint density at radius 1 is 1.22 bits per heavy atom. The Kier molecular flexibility index (Phi) is 3.28. The molecule has 1 N–H and O–H groups in total. The second-order valence-electron chi connectivity index (χ2n) is 8.51. The lowest BCUT2D eigenvalue weighted by atomic mass is 9.66. The van der Waals surface area contributed by atoms with Gasteiger partial charge in [-0.3, -0.25) is 4.90 Å². The van der Waals surface area contributed by atoms with Crippen molar-refractivity contribution in [2.75, 3.05) is 19.6 Å². The lowest BCUT2D eigenvalue weighted by Crippen LogP contribution is -2.51. The fourth-order valence-electron chi connectivity index (χ4n) is 6.11. The Morgan fingerprint density at radius 2 is 2.15 bits per heavy atom. The van der Waals surface area contributed by atoms with Gasteiger partial charge in [-0.1, -0.05) is 43.4 Å². The van der Waals surface area contributed by atoms with Crippen LogP contribution < -0.4 is 5.32 Å². The third-order valence-corrected chi connectivity index (χ3v) is 7.33. The molecule has 6 rings (SSSR count). The molecule has 5 heterocycles. The van der Waals surface area contributed by atoms with Crippen molar-refractivity contribution in [3.8, 4) is 0 Å². The van der Waals surface area contributed by atoms with Gasteiger partial charge in [-0.2, -0.15) is 0 Å². The number of hydrogen-bond donors (Lipinski definition) is 1. The number of allylic oxidation sites excluding steroid dienone is 3. The molecule has 2 aromatic rings. The summed E-state index contributed by atoms with van der Waals surface area (Å²) in [7, 11) is 0. The molecule has 0 aliphatic carbocycles. The molecule has 1 aromatic carbocycles. The van der Waals surface area contributed by atoms with Crippen molar-refractivity contribution in [3.63, 3.8) is 0 Å². The van der Waals surface area contributed by atoms with Crippen LogP contribution in [0.1, 0.15) is 43.5 Å². The summed E-state index contributed by atoms with van der Waals surface area (Å²) >= 11 is 0. The molecule has 0 amide bonds. The Bertz CT molecular complexity index is 1020. The molecule has 1 saturated heterocycles. The molecule has 0 bridgehead atoms. The standard InChI is InChI=1S/C24H27N3/c1-2-24-12-7-14-26-15-11-18-17-8-3-4-10-20(17)27(22(18)23(24)26)21(16-24)19-9-5-6-13-25-19/h3-6,8-10,16,23,25H,2,7,11-15H2,1H3/t23?,24-/m0/s1. The zero-order valence-electron chi connectivity index (χ0n) is 16.0. The molecule has 3 heteroatoms. The van der Waals surface area contributed by atoms with Crippen LogP contribution in [0.4, 0.5) is 0 Å². The van der Waals surface area contributed by atoms with Crippen molar-refractivity contribution in [1.82, 2.24) is 14.8 Å². The zero-order chi connectivity index (χ0) is 18.0. The van der Waals surface area contributed by atoms with Crippen molar-refractivity contribution in [1.29, 1.82) is 0 Å². The van der Waals surface area contributed by atoms with E-state index in [-0.39, 0.29) is 5.41 Å². The number of hydrogen-bond acceptors (Lipinski definition) is 2. The monoisotopic (exact) mass is 357 g/mol. The molecule has 0 radical (unpaired) electrons. The van der Waals surface area contributed by atoms with E-state index in [2.05, 4.69) is 70.3 Å². The van der Waals surface area contributed by atoms with Crippen LogP contribution in [0.25, 0.3) is 16.6 Å². The highest BCUT2D eigenvalue weighted by atomic mass is 15.2. The van der Waals surface area contributed by atoms with Gasteiger partial charge in [0.2, 0.25) is 0 Å². The molecule has 1 unspecified atom stereocenters. The zero-order valence-corrected chi connectivity index (χ0v) is 16.0. The largest absolute Gasteiger partial charge is 0.380 e. The van der Waals surface area contributed by atoms with E-state index in [1.807, 2.05) is 0 Å². The Morgan fingerprint density at radius 3 is 3.00 bits per heavy atom. The lowest BCUT2D eigenvalue weighted by Gasteiger charge is -2.53. The van der Waals surface area contributed by atoms with Crippen molar-refractivity contribution < 1.29 is 0 Å². The number of benzene rings is 1. The molecule has 3 nitrogen and oxygen atoms in total. The smallest absolute Gasteiger partial charge is 0.0657 e. The third-order valence-electron chi connectivity index (χ3n) is 7.33. The molecule has 138 valence electrons. The first-order chi connectivity index (χ1) is 13.3. The Balaban J connectivity index is 1.71. The van der Waals surface area contributed by atoms with Crippen molar-refractivity contribution >= 4 is 16.6 Å². The normalized spacial score (nSPS) is 29.1. The topological polar surface area (TPSA) is 20.2 Å². The number of rotatable bonds is 2. The minimum Gasteiger partial charge on any atom is -0.380 e. The van der Waals surface area contributed by atoms with E-state index in [1.54, 1.807) is 11.3 Å². The predicted molar refractivity (Wildman–Crippen MR) is 111 cm³/mol. The first-order valence-corrected chi connectivity index (χ1v) is 10.5. The van der Waals surface area contributed by atoms with Crippen LogP contribution in [0.2, 0.25) is 0 Å². The SMILES string of the molecule is CC[C@@]12C=C(C3=CC=CCN3)n3c4c(c5ccccc53)CCN(CCC1)C42. The fourth-order valence-corrected chi connectivity index (χ4v) is 6.11. The number of nitrogens with one attached hydrogen (secondary N) is 1. The minimum atomic E-state index is 0.261. The predicted octanol–water partition coefficient (Wildman–Crippen LogP) is 4.63. The van der Waals surface area contributed by atoms with Crippen LogP contribution in [-0.2, 0) is 6.42 Å². The van der Waals surface area contributed by atoms with Gasteiger partial charge in [0.25, 0.3) is 0 Å². The van der Waals surface area contributed by atoms with E-state index in [0.29, 0.717) is 6.04 Å². The summed E-state index contributed by atoms with van der Waals surface area (Å²) in [5, 5.41) is 5.10. The lowest BCUT2D eigenvalue weighted by molar-refractivity contribution is 0.0271. The molecule has 4 aliphatic rings. The molecule has 1 fully saturated rings. The minimum absolute atomic E-state index is 0.261. The summed E-state index contributed by atoms with van der Waals surface area (Å²) in [5.74, 6) is 0. The second kappa shape index (κ2) is 5.62. The molecule has 2 atom stereocenters. The van der Waals surface area contributed by atoms with Gasteiger partial charge in [-0.05, 0) is 49.9 Å². The van der Waals surface area contributed by atoms with Gasteiger partial charge in [0.1, 0.15) is 0 Å². The van der Waals surface area contributed by atoms with E-state index in [0.717, 1.165) is 6.54 Å². The van der Waals surface area contributed by atoms with E-state index < -0.39 is 0 Å². The van der Waals surface area contributed by atoms with E-state index in [4.69, 9.17) is 0 Å². The molecule has 0 spiro atoms. The van der Waals surface area contributed by atoms with Gasteiger partial charge in [0.05, 0.1) is 23.0 Å². The van der Waals surface area contributed by atoms with Gasteiger partial charge >= 0.3 is 0 Å². The molecule has 0 saturated carbocycles. The highest BCUT2D eigenvalue weighted by Gasteiger charge is 2.50. The summed E-state index contributed by atoms with van der Waals surface area (Å²) in [4.78, 5) is 2.78. The van der Waals surface area contributed by atoms with Crippen molar-refractivity contribution in [2.45, 2.75) is 38.6 Å². The van der Waals surface area contributed by atoms with Crippen LogP contribution >= 0.6 is 0 Å². The maximum absolute atomic E-state index is 3.64. The Labute approximate surface area is 161 Å². The summed E-state index contributed by atoms with van der Waals surface area (Å²) in [5.41, 5.74) is 7.47. The van der Waals surface area contributed by atoms with Gasteiger partial charge in [-0.25, -0.2) is 0 Å². The highest BCUT2D eigenvalue weighted by molar-refractivity contribution is 5.92. The van der Waals surface area contributed by atoms with Crippen LogP contribution in [0, 0.1) is 5.41 Å². The van der Waals surface area contributed by atoms with E-state index in [1.165, 1.54) is 61.1 Å². The summed E-state index contributed by atoms with van der Waals surface area (Å²) in [6.45, 7) is 5.77. The number of dihydropyridines is 1. The van der Waals surface area contributed by atoms with Crippen molar-refractivity contribution in [3.05, 3.63) is 65.5 Å². The number of piperidine rings is 1. The first kappa shape index (κ1) is 15.8. The van der Waals surface area contributed by atoms with Crippen molar-refractivity contribution in [2.24, 2.45) is 5.41 Å². The fraction of sp³-hybridized carbons (Fsp3) is 0.417. The number of nitrogens with zero attached hydrogens (tertiary/aromatic N) is 2. The van der Waals surface area contributed by atoms with Crippen LogP contribution in [0.15, 0.2) is 54.3 Å². The molecular formula is C24H27N3. The molecule has 1 aromatic heterocycles. The second-order valence-corrected chi connectivity index (χ2v) is 8.51. The average Bonchev–Trinajstić information content (AvgIpc) is 3.08. The van der Waals surface area contributed by atoms with Gasteiger partial charge < -0.3 is 9.88 Å². The Hall–Kier alpha value is -2.26. The highest BCUT2D eigenvalue weighted by Crippen LogP contribution is 2.57. The summed E-state index contributed by atoms with van der Waals surface area (Å²) < 4.78 is 2.60. The number of aromatic nitrogens is 1. The van der Waals surface area contributed by atoms with Crippen LogP contribution in [-0.4, -0.2) is 29.1 Å². The summed E-state index contributed by atoms with van der Waals surface area (Å²) in [6, 6.07) is 9.58. The van der Waals surface area contributed by atoms with Gasteiger partial charge in [0.15, 0.2) is 0 Å². The number of fused-ring (bicyclic) bond motifs is 3. The average molecular weight is 358 g/mol. The molecule has 27 heavy (non-hydrogen) atoms. The van der Waals surface area contributed by atoms with Crippen LogP contribution in [0.3, 0.4) is 0 Å². The first-order valence-electron chi connectivity index (χ1n) is 10.5. The van der Waals surface area contributed by atoms with Gasteiger partial charge in [-0.15, -0.1) is 0 Å². The molecular weight excluding hydrogens is 330 g/mol. The van der Waals surface area contributed by atoms with E-state index in [9.17, 15) is 0 Å². The molecule has 4 aliphatic heterocycles. The third kappa shape index (κ3) is 2.01.